The second-order valence-corrected chi connectivity index (χ2v) is 4.74. The van der Waals surface area contributed by atoms with Crippen molar-refractivity contribution in [2.24, 2.45) is 0 Å². The Balaban J connectivity index is 2.08. The maximum absolute atomic E-state index is 13.2. The van der Waals surface area contributed by atoms with E-state index < -0.39 is 0 Å². The maximum atomic E-state index is 13.2. The molecule has 0 unspecified atom stereocenters. The Kier molecular flexibility index (Phi) is 5.04. The van der Waals surface area contributed by atoms with E-state index in [4.69, 9.17) is 9.47 Å². The fourth-order valence-corrected chi connectivity index (χ4v) is 2.08. The molecule has 0 radical (unpaired) electrons. The van der Waals surface area contributed by atoms with Gasteiger partial charge in [-0.3, -0.25) is 0 Å². The molecule has 0 aliphatic carbocycles. The first kappa shape index (κ1) is 15.2. The van der Waals surface area contributed by atoms with Gasteiger partial charge in [-0.25, -0.2) is 4.39 Å². The van der Waals surface area contributed by atoms with Gasteiger partial charge in [0.15, 0.2) is 11.5 Å². The van der Waals surface area contributed by atoms with Crippen LogP contribution >= 0.6 is 0 Å². The predicted molar refractivity (Wildman–Crippen MR) is 82.6 cm³/mol. The minimum atomic E-state index is -0.179. The van der Waals surface area contributed by atoms with Crippen molar-refractivity contribution in [3.63, 3.8) is 0 Å². The summed E-state index contributed by atoms with van der Waals surface area (Å²) >= 11 is 0. The van der Waals surface area contributed by atoms with Crippen molar-refractivity contribution in [3.8, 4) is 11.5 Å². The molecule has 0 spiro atoms. The number of nitrogens with one attached hydrogen (secondary N) is 1. The molecule has 21 heavy (non-hydrogen) atoms. The lowest BCUT2D eigenvalue weighted by molar-refractivity contribution is 0.311. The lowest BCUT2D eigenvalue weighted by Crippen LogP contribution is -2.02. The van der Waals surface area contributed by atoms with Gasteiger partial charge in [0.25, 0.3) is 0 Å². The molecule has 0 atom stereocenters. The lowest BCUT2D eigenvalue weighted by atomic mass is 10.1. The van der Waals surface area contributed by atoms with Crippen LogP contribution in [-0.4, -0.2) is 13.7 Å². The largest absolute Gasteiger partial charge is 0.493 e. The minimum absolute atomic E-state index is 0.179. The van der Waals surface area contributed by atoms with Crippen LogP contribution in [0.1, 0.15) is 18.1 Å². The van der Waals surface area contributed by atoms with Crippen molar-refractivity contribution in [1.82, 2.24) is 0 Å². The molecule has 0 aromatic heterocycles. The van der Waals surface area contributed by atoms with Gasteiger partial charge in [0.1, 0.15) is 5.82 Å². The molecule has 0 heterocycles. The van der Waals surface area contributed by atoms with Crippen LogP contribution in [0.3, 0.4) is 0 Å². The number of methoxy groups -OCH3 is 1. The molecule has 0 saturated heterocycles. The van der Waals surface area contributed by atoms with Gasteiger partial charge >= 0.3 is 0 Å². The highest BCUT2D eigenvalue weighted by Gasteiger charge is 2.05. The van der Waals surface area contributed by atoms with E-state index in [1.807, 2.05) is 31.2 Å². The molecule has 1 N–H and O–H groups in total. The number of aryl methyl sites for hydroxylation is 1. The maximum Gasteiger partial charge on any atom is 0.163 e. The monoisotopic (exact) mass is 289 g/mol. The Bertz CT molecular complexity index is 614. The Morgan fingerprint density at radius 2 is 1.90 bits per heavy atom. The van der Waals surface area contributed by atoms with E-state index in [1.54, 1.807) is 20.1 Å². The molecule has 0 aliphatic rings. The third-order valence-electron chi connectivity index (χ3n) is 3.18. The van der Waals surface area contributed by atoms with Crippen molar-refractivity contribution in [1.29, 1.82) is 0 Å². The number of anilines is 1. The van der Waals surface area contributed by atoms with Gasteiger partial charge in [-0.05, 0) is 43.2 Å². The Morgan fingerprint density at radius 1 is 1.10 bits per heavy atom. The van der Waals surface area contributed by atoms with Gasteiger partial charge in [-0.2, -0.15) is 0 Å². The number of hydrogen-bond donors (Lipinski definition) is 1. The van der Waals surface area contributed by atoms with Crippen molar-refractivity contribution >= 4 is 5.69 Å². The molecule has 4 heteroatoms. The summed E-state index contributed by atoms with van der Waals surface area (Å²) in [4.78, 5) is 0. The van der Waals surface area contributed by atoms with Crippen molar-refractivity contribution < 1.29 is 13.9 Å². The minimum Gasteiger partial charge on any atom is -0.493 e. The van der Waals surface area contributed by atoms with Crippen molar-refractivity contribution in [2.45, 2.75) is 20.4 Å². The SMILES string of the molecule is CCOc1cc(NCc2ccc(F)c(C)c2)ccc1OC. The fraction of sp³-hybridized carbons (Fsp3) is 0.294. The standard InChI is InChI=1S/C17H20FNO2/c1-4-21-17-10-14(6-8-16(17)20-3)19-11-13-5-7-15(18)12(2)9-13/h5-10,19H,4,11H2,1-3H3. The van der Waals surface area contributed by atoms with Crippen LogP contribution in [0, 0.1) is 12.7 Å². The smallest absolute Gasteiger partial charge is 0.163 e. The predicted octanol–water partition coefficient (Wildman–Crippen LogP) is 4.15. The summed E-state index contributed by atoms with van der Waals surface area (Å²) in [6.45, 7) is 4.90. The van der Waals surface area contributed by atoms with E-state index in [0.717, 1.165) is 11.3 Å². The molecule has 2 rings (SSSR count). The summed E-state index contributed by atoms with van der Waals surface area (Å²) < 4.78 is 24.0. The third kappa shape index (κ3) is 3.88. The van der Waals surface area contributed by atoms with Crippen molar-refractivity contribution in [2.75, 3.05) is 19.0 Å². The van der Waals surface area contributed by atoms with Crippen LogP contribution in [0.25, 0.3) is 0 Å². The number of hydrogen-bond acceptors (Lipinski definition) is 3. The number of rotatable bonds is 6. The summed E-state index contributed by atoms with van der Waals surface area (Å²) in [5.74, 6) is 1.24. The average molecular weight is 289 g/mol. The fourth-order valence-electron chi connectivity index (χ4n) is 2.08. The van der Waals surface area contributed by atoms with Gasteiger partial charge in [-0.1, -0.05) is 12.1 Å². The molecule has 0 fully saturated rings. The number of benzene rings is 2. The molecular formula is C17H20FNO2. The molecule has 0 bridgehead atoms. The van der Waals surface area contributed by atoms with E-state index in [-0.39, 0.29) is 5.82 Å². The zero-order valence-corrected chi connectivity index (χ0v) is 12.6. The zero-order valence-electron chi connectivity index (χ0n) is 12.6. The second kappa shape index (κ2) is 6.97. The van der Waals surface area contributed by atoms with Gasteiger partial charge in [0.05, 0.1) is 13.7 Å². The molecular weight excluding hydrogens is 269 g/mol. The molecule has 2 aromatic rings. The summed E-state index contributed by atoms with van der Waals surface area (Å²) in [5.41, 5.74) is 2.61. The van der Waals surface area contributed by atoms with Crippen LogP contribution in [-0.2, 0) is 6.54 Å². The summed E-state index contributed by atoms with van der Waals surface area (Å²) in [7, 11) is 1.62. The van der Waals surface area contributed by atoms with Crippen LogP contribution in [0.5, 0.6) is 11.5 Å². The summed E-state index contributed by atoms with van der Waals surface area (Å²) in [5, 5.41) is 3.30. The van der Waals surface area contributed by atoms with Gasteiger partial charge in [-0.15, -0.1) is 0 Å². The summed E-state index contributed by atoms with van der Waals surface area (Å²) in [6, 6.07) is 10.8. The first-order valence-electron chi connectivity index (χ1n) is 6.93. The average Bonchev–Trinajstić information content (AvgIpc) is 2.49. The first-order valence-corrected chi connectivity index (χ1v) is 6.93. The normalized spacial score (nSPS) is 10.3. The number of ether oxygens (including phenoxy) is 2. The van der Waals surface area contributed by atoms with Gasteiger partial charge in [0.2, 0.25) is 0 Å². The van der Waals surface area contributed by atoms with E-state index in [0.29, 0.717) is 30.2 Å². The van der Waals surface area contributed by atoms with E-state index in [1.165, 1.54) is 6.07 Å². The zero-order chi connectivity index (χ0) is 15.2. The van der Waals surface area contributed by atoms with Crippen LogP contribution < -0.4 is 14.8 Å². The first-order chi connectivity index (χ1) is 10.1. The van der Waals surface area contributed by atoms with Crippen LogP contribution in [0.15, 0.2) is 36.4 Å². The van der Waals surface area contributed by atoms with E-state index in [2.05, 4.69) is 5.32 Å². The highest BCUT2D eigenvalue weighted by molar-refractivity contribution is 5.55. The number of halogens is 1. The topological polar surface area (TPSA) is 30.5 Å². The highest BCUT2D eigenvalue weighted by Crippen LogP contribution is 2.30. The van der Waals surface area contributed by atoms with Gasteiger partial charge < -0.3 is 14.8 Å². The Morgan fingerprint density at radius 3 is 2.57 bits per heavy atom. The van der Waals surface area contributed by atoms with Crippen molar-refractivity contribution in [3.05, 3.63) is 53.3 Å². The Hall–Kier alpha value is -2.23. The van der Waals surface area contributed by atoms with E-state index >= 15 is 0 Å². The summed E-state index contributed by atoms with van der Waals surface area (Å²) in [6.07, 6.45) is 0. The quantitative estimate of drug-likeness (QED) is 0.866. The van der Waals surface area contributed by atoms with Gasteiger partial charge in [0, 0.05) is 18.3 Å². The molecule has 0 saturated carbocycles. The van der Waals surface area contributed by atoms with Crippen LogP contribution in [0.2, 0.25) is 0 Å². The van der Waals surface area contributed by atoms with E-state index in [9.17, 15) is 4.39 Å². The molecule has 0 aliphatic heterocycles. The molecule has 0 amide bonds. The van der Waals surface area contributed by atoms with Crippen LogP contribution in [0.4, 0.5) is 10.1 Å². The lowest BCUT2D eigenvalue weighted by Gasteiger charge is -2.12. The molecule has 112 valence electrons. The molecule has 3 nitrogen and oxygen atoms in total. The molecule has 2 aromatic carbocycles. The third-order valence-corrected chi connectivity index (χ3v) is 3.18. The highest BCUT2D eigenvalue weighted by atomic mass is 19.1. The second-order valence-electron chi connectivity index (χ2n) is 4.74. The Labute approximate surface area is 124 Å².